The second-order valence-corrected chi connectivity index (χ2v) is 9.77. The van der Waals surface area contributed by atoms with Gasteiger partial charge in [-0.1, -0.05) is 18.1 Å². The third kappa shape index (κ3) is 4.52. The number of ether oxygens (including phenoxy) is 2. The molecule has 10 nitrogen and oxygen atoms in total. The summed E-state index contributed by atoms with van der Waals surface area (Å²) in [7, 11) is 0. The Morgan fingerprint density at radius 2 is 2.10 bits per heavy atom. The topological polar surface area (TPSA) is 114 Å². The number of fused-ring (bicyclic) bond motifs is 3. The Hall–Kier alpha value is -4.50. The predicted molar refractivity (Wildman–Crippen MR) is 142 cm³/mol. The number of benzene rings is 1. The molecule has 206 valence electrons. The standard InChI is InChI=1S/C28H25F2N5O5/c1-3-16-10-19(34-8-9-38-14-15(34)2)27(31-12-16)39-17-11-20(28(36)37)35(13-17)26-23-22(32-25(33-26)24(29)30)18-6-4-5-7-21(18)40-23/h1,4-7,10,12,15,17,20,24H,8-9,11,13-14H2,2H3,(H,36,37)/t15-,17-,20-/m0/s1. The summed E-state index contributed by atoms with van der Waals surface area (Å²) in [5.74, 6) is 1.01. The molecule has 2 saturated heterocycles. The van der Waals surface area contributed by atoms with Gasteiger partial charge in [-0.2, -0.15) is 0 Å². The van der Waals surface area contributed by atoms with Gasteiger partial charge < -0.3 is 28.8 Å². The fourth-order valence-corrected chi connectivity index (χ4v) is 5.30. The lowest BCUT2D eigenvalue weighted by atomic mass is 10.2. The Morgan fingerprint density at radius 3 is 2.85 bits per heavy atom. The minimum Gasteiger partial charge on any atom is -0.480 e. The van der Waals surface area contributed by atoms with E-state index in [-0.39, 0.29) is 35.9 Å². The number of carboxylic acid groups (broad SMARTS) is 1. The number of rotatable bonds is 6. The van der Waals surface area contributed by atoms with Crippen LogP contribution in [0.3, 0.4) is 0 Å². The Morgan fingerprint density at radius 1 is 1.27 bits per heavy atom. The maximum absolute atomic E-state index is 13.9. The van der Waals surface area contributed by atoms with Crippen LogP contribution in [0.4, 0.5) is 20.3 Å². The maximum atomic E-state index is 13.9. The zero-order valence-electron chi connectivity index (χ0n) is 21.5. The highest BCUT2D eigenvalue weighted by Gasteiger charge is 2.41. The highest BCUT2D eigenvalue weighted by molar-refractivity contribution is 6.06. The number of para-hydroxylation sites is 1. The number of anilines is 2. The van der Waals surface area contributed by atoms with Crippen molar-refractivity contribution in [2.24, 2.45) is 0 Å². The van der Waals surface area contributed by atoms with E-state index in [1.165, 1.54) is 11.1 Å². The Balaban J connectivity index is 1.38. The summed E-state index contributed by atoms with van der Waals surface area (Å²) in [5, 5.41) is 10.6. The number of hydrogen-bond donors (Lipinski definition) is 1. The number of carbonyl (C=O) groups is 1. The molecule has 3 atom stereocenters. The molecular weight excluding hydrogens is 524 g/mol. The van der Waals surface area contributed by atoms with Gasteiger partial charge in [-0.05, 0) is 25.1 Å². The molecule has 0 amide bonds. The average Bonchev–Trinajstić information content (AvgIpc) is 3.55. The van der Waals surface area contributed by atoms with Gasteiger partial charge in [0.1, 0.15) is 28.9 Å². The zero-order chi connectivity index (χ0) is 28.0. The number of alkyl halides is 2. The van der Waals surface area contributed by atoms with Crippen LogP contribution in [0, 0.1) is 12.3 Å². The van der Waals surface area contributed by atoms with Crippen molar-refractivity contribution in [3.05, 3.63) is 47.9 Å². The number of aliphatic carboxylic acids is 1. The average molecular weight is 550 g/mol. The molecule has 0 aliphatic carbocycles. The maximum Gasteiger partial charge on any atom is 0.326 e. The number of aromatic nitrogens is 3. The van der Waals surface area contributed by atoms with Crippen LogP contribution in [-0.2, 0) is 9.53 Å². The monoisotopic (exact) mass is 549 g/mol. The number of pyridine rings is 1. The van der Waals surface area contributed by atoms with Crippen LogP contribution in [0.25, 0.3) is 22.1 Å². The molecule has 6 rings (SSSR count). The quantitative estimate of drug-likeness (QED) is 0.354. The number of nitrogens with zero attached hydrogens (tertiary/aromatic N) is 5. The minimum atomic E-state index is -2.97. The first-order valence-electron chi connectivity index (χ1n) is 12.8. The molecule has 0 spiro atoms. The molecule has 2 fully saturated rings. The van der Waals surface area contributed by atoms with Crippen molar-refractivity contribution in [2.45, 2.75) is 38.0 Å². The molecule has 1 N–H and O–H groups in total. The summed E-state index contributed by atoms with van der Waals surface area (Å²) < 4.78 is 45.5. The van der Waals surface area contributed by atoms with Gasteiger partial charge in [0, 0.05) is 36.2 Å². The molecule has 12 heteroatoms. The van der Waals surface area contributed by atoms with Crippen molar-refractivity contribution in [2.75, 3.05) is 36.1 Å². The molecule has 0 bridgehead atoms. The van der Waals surface area contributed by atoms with Crippen molar-refractivity contribution >= 4 is 39.5 Å². The summed E-state index contributed by atoms with van der Waals surface area (Å²) in [6, 6.07) is 7.61. The van der Waals surface area contributed by atoms with E-state index in [1.54, 1.807) is 24.3 Å². The Bertz CT molecular complexity index is 1640. The van der Waals surface area contributed by atoms with Crippen LogP contribution >= 0.6 is 0 Å². The fraction of sp³-hybridized carbons (Fsp3) is 0.357. The molecule has 5 heterocycles. The zero-order valence-corrected chi connectivity index (χ0v) is 21.5. The predicted octanol–water partition coefficient (Wildman–Crippen LogP) is 4.03. The SMILES string of the molecule is C#Cc1cnc(O[C@H]2C[C@@H](C(=O)O)N(c3nc(C(F)F)nc4c3oc3ccccc34)C2)c(N2CCOC[C@@H]2C)c1. The number of carboxylic acids is 1. The lowest BCUT2D eigenvalue weighted by Gasteiger charge is -2.36. The van der Waals surface area contributed by atoms with Crippen LogP contribution in [0.5, 0.6) is 5.88 Å². The van der Waals surface area contributed by atoms with Crippen LogP contribution in [0.1, 0.15) is 31.2 Å². The van der Waals surface area contributed by atoms with Crippen LogP contribution in [0.15, 0.2) is 40.9 Å². The molecule has 2 aliphatic heterocycles. The molecule has 0 radical (unpaired) electrons. The first-order valence-corrected chi connectivity index (χ1v) is 12.8. The van der Waals surface area contributed by atoms with Gasteiger partial charge in [0.2, 0.25) is 5.88 Å². The van der Waals surface area contributed by atoms with Gasteiger partial charge >= 0.3 is 5.97 Å². The van der Waals surface area contributed by atoms with Crippen molar-refractivity contribution in [1.29, 1.82) is 0 Å². The molecule has 0 unspecified atom stereocenters. The third-order valence-corrected chi connectivity index (χ3v) is 7.19. The smallest absolute Gasteiger partial charge is 0.326 e. The van der Waals surface area contributed by atoms with Crippen molar-refractivity contribution in [1.82, 2.24) is 15.0 Å². The summed E-state index contributed by atoms with van der Waals surface area (Å²) in [5.41, 5.74) is 2.01. The largest absolute Gasteiger partial charge is 0.480 e. The molecule has 1 aromatic carbocycles. The number of halogens is 2. The third-order valence-electron chi connectivity index (χ3n) is 7.19. The first kappa shape index (κ1) is 25.8. The van der Waals surface area contributed by atoms with Gasteiger partial charge in [-0.25, -0.2) is 28.5 Å². The second kappa shape index (κ2) is 10.2. The summed E-state index contributed by atoms with van der Waals surface area (Å²) in [6.45, 7) is 3.70. The molecule has 4 aromatic rings. The summed E-state index contributed by atoms with van der Waals surface area (Å²) >= 11 is 0. The highest BCUT2D eigenvalue weighted by atomic mass is 19.3. The Kier molecular flexibility index (Phi) is 6.59. The normalized spacial score (nSPS) is 21.3. The van der Waals surface area contributed by atoms with Gasteiger partial charge in [-0.3, -0.25) is 0 Å². The van der Waals surface area contributed by atoms with Gasteiger partial charge in [0.25, 0.3) is 6.43 Å². The van der Waals surface area contributed by atoms with Crippen LogP contribution in [0.2, 0.25) is 0 Å². The summed E-state index contributed by atoms with van der Waals surface area (Å²) in [4.78, 5) is 28.4. The van der Waals surface area contributed by atoms with E-state index in [4.69, 9.17) is 20.3 Å². The van der Waals surface area contributed by atoms with E-state index in [2.05, 4.69) is 25.8 Å². The minimum absolute atomic E-state index is 0.0207. The number of hydrogen-bond acceptors (Lipinski definition) is 9. The number of morpholine rings is 1. The molecule has 3 aromatic heterocycles. The fourth-order valence-electron chi connectivity index (χ4n) is 5.30. The lowest BCUT2D eigenvalue weighted by molar-refractivity contribution is -0.138. The van der Waals surface area contributed by atoms with Gasteiger partial charge in [0.05, 0.1) is 19.8 Å². The molecular formula is C28H25F2N5O5. The Labute approximate surface area is 227 Å². The van der Waals surface area contributed by atoms with E-state index in [1.807, 2.05) is 13.0 Å². The van der Waals surface area contributed by atoms with Gasteiger partial charge in [-0.15, -0.1) is 6.42 Å². The van der Waals surface area contributed by atoms with Crippen molar-refractivity contribution in [3.8, 4) is 18.2 Å². The lowest BCUT2D eigenvalue weighted by Crippen LogP contribution is -2.44. The van der Waals surface area contributed by atoms with E-state index < -0.39 is 30.4 Å². The summed E-state index contributed by atoms with van der Waals surface area (Å²) in [6.07, 6.45) is 3.58. The van der Waals surface area contributed by atoms with E-state index >= 15 is 0 Å². The molecule has 40 heavy (non-hydrogen) atoms. The first-order chi connectivity index (χ1) is 19.3. The number of terminal acetylenes is 1. The highest BCUT2D eigenvalue weighted by Crippen LogP contribution is 2.39. The number of furan rings is 1. The van der Waals surface area contributed by atoms with Crippen LogP contribution in [-0.4, -0.2) is 70.5 Å². The second-order valence-electron chi connectivity index (χ2n) is 9.77. The van der Waals surface area contributed by atoms with E-state index in [9.17, 15) is 18.7 Å². The van der Waals surface area contributed by atoms with E-state index in [0.717, 1.165) is 0 Å². The van der Waals surface area contributed by atoms with E-state index in [0.29, 0.717) is 47.9 Å². The van der Waals surface area contributed by atoms with Crippen molar-refractivity contribution in [3.63, 3.8) is 0 Å². The van der Waals surface area contributed by atoms with Crippen LogP contribution < -0.4 is 14.5 Å². The molecule has 0 saturated carbocycles. The van der Waals surface area contributed by atoms with Gasteiger partial charge in [0.15, 0.2) is 17.2 Å². The van der Waals surface area contributed by atoms with Crippen molar-refractivity contribution < 1.29 is 32.6 Å². The molecule has 2 aliphatic rings.